The molecule has 0 bridgehead atoms. The molecule has 1 rings (SSSR count). The van der Waals surface area contributed by atoms with Crippen LogP contribution >= 0.6 is 0 Å². The Balaban J connectivity index is 2.57. The first-order valence-corrected chi connectivity index (χ1v) is 5.24. The number of hydrogen-bond donors (Lipinski definition) is 0. The molecule has 6 heteroatoms. The topological polar surface area (TPSA) is 30.8 Å². The Morgan fingerprint density at radius 1 is 1.35 bits per heavy atom. The molecule has 0 spiro atoms. The third-order valence-corrected chi connectivity index (χ3v) is 2.12. The van der Waals surface area contributed by atoms with E-state index in [0.717, 1.165) is 6.08 Å². The maximum atomic E-state index is 12.3. The van der Waals surface area contributed by atoms with Crippen LogP contribution in [0.3, 0.4) is 0 Å². The van der Waals surface area contributed by atoms with Crippen molar-refractivity contribution in [2.24, 2.45) is 5.16 Å². The van der Waals surface area contributed by atoms with E-state index in [1.807, 2.05) is 0 Å². The van der Waals surface area contributed by atoms with Crippen LogP contribution in [-0.2, 0) is 9.57 Å². The number of rotatable bonds is 3. The van der Waals surface area contributed by atoms with Gasteiger partial charge < -0.3 is 9.57 Å². The molecule has 1 aliphatic carbocycles. The standard InChI is InChI=1S/C11H14F3NO2/c1-3-16-8(2)15-17-10-6-4-9(5-7-10)11(12,13)14/h4,6H,3,5,7H2,1-2H3/b15-8-. The van der Waals surface area contributed by atoms with Crippen LogP contribution in [0.4, 0.5) is 13.2 Å². The van der Waals surface area contributed by atoms with Crippen molar-refractivity contribution in [2.45, 2.75) is 32.9 Å². The van der Waals surface area contributed by atoms with Crippen molar-refractivity contribution >= 4 is 5.90 Å². The van der Waals surface area contributed by atoms with Crippen LogP contribution in [-0.4, -0.2) is 18.7 Å². The largest absolute Gasteiger partial charge is 0.479 e. The van der Waals surface area contributed by atoms with Gasteiger partial charge in [0.05, 0.1) is 6.61 Å². The van der Waals surface area contributed by atoms with E-state index < -0.39 is 11.7 Å². The molecule has 0 saturated carbocycles. The predicted molar refractivity (Wildman–Crippen MR) is 57.3 cm³/mol. The minimum atomic E-state index is -4.26. The monoisotopic (exact) mass is 249 g/mol. The Labute approximate surface area is 97.6 Å². The molecule has 17 heavy (non-hydrogen) atoms. The molecule has 0 unspecified atom stereocenters. The van der Waals surface area contributed by atoms with Crippen LogP contribution in [0.15, 0.2) is 28.6 Å². The van der Waals surface area contributed by atoms with Crippen molar-refractivity contribution in [2.75, 3.05) is 6.61 Å². The van der Waals surface area contributed by atoms with Gasteiger partial charge in [0.25, 0.3) is 0 Å². The molecule has 0 aromatic rings. The molecule has 0 fully saturated rings. The van der Waals surface area contributed by atoms with E-state index in [-0.39, 0.29) is 12.8 Å². The summed E-state index contributed by atoms with van der Waals surface area (Å²) in [6.07, 6.45) is -1.85. The summed E-state index contributed by atoms with van der Waals surface area (Å²) in [5.74, 6) is 0.746. The lowest BCUT2D eigenvalue weighted by Crippen LogP contribution is -2.14. The van der Waals surface area contributed by atoms with E-state index in [4.69, 9.17) is 9.57 Å². The molecular weight excluding hydrogens is 235 g/mol. The molecule has 0 saturated heterocycles. The fourth-order valence-corrected chi connectivity index (χ4v) is 1.29. The molecule has 3 nitrogen and oxygen atoms in total. The van der Waals surface area contributed by atoms with Crippen molar-refractivity contribution in [1.82, 2.24) is 0 Å². The van der Waals surface area contributed by atoms with Crippen LogP contribution in [0, 0.1) is 0 Å². The highest BCUT2D eigenvalue weighted by molar-refractivity contribution is 5.72. The third kappa shape index (κ3) is 4.50. The van der Waals surface area contributed by atoms with Crippen molar-refractivity contribution in [3.05, 3.63) is 23.5 Å². The molecule has 0 aromatic heterocycles. The summed E-state index contributed by atoms with van der Waals surface area (Å²) < 4.78 is 41.9. The summed E-state index contributed by atoms with van der Waals surface area (Å²) in [6.45, 7) is 3.89. The van der Waals surface area contributed by atoms with Gasteiger partial charge in [-0.2, -0.15) is 13.2 Å². The zero-order valence-corrected chi connectivity index (χ0v) is 9.67. The van der Waals surface area contributed by atoms with Gasteiger partial charge in [-0.1, -0.05) is 6.08 Å². The fraction of sp³-hybridized carbons (Fsp3) is 0.545. The van der Waals surface area contributed by atoms with Crippen molar-refractivity contribution in [3.63, 3.8) is 0 Å². The van der Waals surface area contributed by atoms with Crippen LogP contribution in [0.2, 0.25) is 0 Å². The molecule has 0 radical (unpaired) electrons. The molecule has 1 aliphatic rings. The quantitative estimate of drug-likeness (QED) is 0.435. The minimum Gasteiger partial charge on any atom is -0.479 e. The van der Waals surface area contributed by atoms with Crippen LogP contribution < -0.4 is 0 Å². The molecule has 0 amide bonds. The molecule has 0 aromatic carbocycles. The second-order valence-corrected chi connectivity index (χ2v) is 3.46. The lowest BCUT2D eigenvalue weighted by Gasteiger charge is -2.15. The highest BCUT2D eigenvalue weighted by atomic mass is 19.4. The number of nitrogens with zero attached hydrogens (tertiary/aromatic N) is 1. The SMILES string of the molecule is CCO/C(C)=N\OC1=CC=C(C(F)(F)F)CC1. The summed E-state index contributed by atoms with van der Waals surface area (Å²) >= 11 is 0. The molecule has 0 aliphatic heterocycles. The van der Waals surface area contributed by atoms with E-state index in [2.05, 4.69) is 5.16 Å². The van der Waals surface area contributed by atoms with Gasteiger partial charge in [0.2, 0.25) is 5.90 Å². The van der Waals surface area contributed by atoms with E-state index in [0.29, 0.717) is 18.3 Å². The smallest absolute Gasteiger partial charge is 0.412 e. The highest BCUT2D eigenvalue weighted by Gasteiger charge is 2.33. The molecule has 0 N–H and O–H groups in total. The third-order valence-electron chi connectivity index (χ3n) is 2.12. The average molecular weight is 249 g/mol. The van der Waals surface area contributed by atoms with E-state index in [1.165, 1.54) is 6.08 Å². The van der Waals surface area contributed by atoms with Gasteiger partial charge in [-0.25, -0.2) is 0 Å². The number of hydrogen-bond acceptors (Lipinski definition) is 3. The van der Waals surface area contributed by atoms with Gasteiger partial charge in [-0.05, 0) is 24.6 Å². The number of halogens is 3. The molecular formula is C11H14F3NO2. The van der Waals surface area contributed by atoms with Gasteiger partial charge in [0, 0.05) is 18.9 Å². The Hall–Kier alpha value is -1.46. The Kier molecular flexibility index (Phi) is 4.60. The molecule has 0 atom stereocenters. The number of oxime groups is 1. The van der Waals surface area contributed by atoms with E-state index in [9.17, 15) is 13.2 Å². The van der Waals surface area contributed by atoms with Gasteiger partial charge in [0.15, 0.2) is 0 Å². The summed E-state index contributed by atoms with van der Waals surface area (Å²) in [5.41, 5.74) is -0.546. The Bertz CT molecular complexity index is 356. The first-order valence-electron chi connectivity index (χ1n) is 5.24. The summed E-state index contributed by atoms with van der Waals surface area (Å²) in [7, 11) is 0. The van der Waals surface area contributed by atoms with Gasteiger partial charge in [-0.15, -0.1) is 0 Å². The Morgan fingerprint density at radius 3 is 2.53 bits per heavy atom. The van der Waals surface area contributed by atoms with E-state index >= 15 is 0 Å². The number of alkyl halides is 3. The fourth-order valence-electron chi connectivity index (χ4n) is 1.29. The zero-order valence-electron chi connectivity index (χ0n) is 9.67. The average Bonchev–Trinajstić information content (AvgIpc) is 2.26. The lowest BCUT2D eigenvalue weighted by molar-refractivity contribution is -0.0944. The molecule has 0 heterocycles. The number of allylic oxidation sites excluding steroid dienone is 4. The van der Waals surface area contributed by atoms with Crippen LogP contribution in [0.25, 0.3) is 0 Å². The summed E-state index contributed by atoms with van der Waals surface area (Å²) in [5, 5.41) is 3.64. The maximum Gasteiger partial charge on any atom is 0.412 e. The minimum absolute atomic E-state index is 0.0848. The van der Waals surface area contributed by atoms with Crippen molar-refractivity contribution in [3.8, 4) is 0 Å². The Morgan fingerprint density at radius 2 is 2.06 bits per heavy atom. The van der Waals surface area contributed by atoms with Crippen LogP contribution in [0.1, 0.15) is 26.7 Å². The second kappa shape index (κ2) is 5.75. The zero-order chi connectivity index (χ0) is 12.9. The molecule has 96 valence electrons. The number of ether oxygens (including phenoxy) is 1. The van der Waals surface area contributed by atoms with E-state index in [1.54, 1.807) is 13.8 Å². The van der Waals surface area contributed by atoms with Gasteiger partial charge in [0.1, 0.15) is 5.76 Å². The predicted octanol–water partition coefficient (Wildman–Crippen LogP) is 3.54. The van der Waals surface area contributed by atoms with Crippen molar-refractivity contribution in [1.29, 1.82) is 0 Å². The normalized spacial score (nSPS) is 17.4. The van der Waals surface area contributed by atoms with Gasteiger partial charge in [-0.3, -0.25) is 0 Å². The van der Waals surface area contributed by atoms with Crippen molar-refractivity contribution < 1.29 is 22.7 Å². The lowest BCUT2D eigenvalue weighted by atomic mass is 10.0. The summed E-state index contributed by atoms with van der Waals surface area (Å²) in [6, 6.07) is 0. The second-order valence-electron chi connectivity index (χ2n) is 3.46. The first-order chi connectivity index (χ1) is 7.93. The highest BCUT2D eigenvalue weighted by Crippen LogP contribution is 2.32. The summed E-state index contributed by atoms with van der Waals surface area (Å²) in [4.78, 5) is 4.97. The first kappa shape index (κ1) is 13.6. The van der Waals surface area contributed by atoms with Gasteiger partial charge >= 0.3 is 6.18 Å². The van der Waals surface area contributed by atoms with Crippen LogP contribution in [0.5, 0.6) is 0 Å². The maximum absolute atomic E-state index is 12.3.